The quantitative estimate of drug-likeness (QED) is 0.847. The van der Waals surface area contributed by atoms with Crippen molar-refractivity contribution in [2.45, 2.75) is 39.2 Å². The van der Waals surface area contributed by atoms with Crippen LogP contribution in [0.1, 0.15) is 30.7 Å². The lowest BCUT2D eigenvalue weighted by Crippen LogP contribution is -2.38. The van der Waals surface area contributed by atoms with Crippen LogP contribution in [-0.2, 0) is 0 Å². The number of rotatable bonds is 3. The van der Waals surface area contributed by atoms with Crippen molar-refractivity contribution in [1.29, 1.82) is 0 Å². The summed E-state index contributed by atoms with van der Waals surface area (Å²) in [5, 5.41) is 3.13. The van der Waals surface area contributed by atoms with Crippen LogP contribution in [0.2, 0.25) is 0 Å². The Morgan fingerprint density at radius 1 is 1.25 bits per heavy atom. The first-order chi connectivity index (χ1) is 7.63. The zero-order chi connectivity index (χ0) is 11.7. The van der Waals surface area contributed by atoms with Gasteiger partial charge in [-0.25, -0.2) is 9.97 Å². The Morgan fingerprint density at radius 2 is 1.94 bits per heavy atom. The molecule has 0 aromatic carbocycles. The Hall–Kier alpha value is -1.32. The van der Waals surface area contributed by atoms with Gasteiger partial charge < -0.3 is 10.2 Å². The third kappa shape index (κ3) is 1.84. The van der Waals surface area contributed by atoms with E-state index in [4.69, 9.17) is 0 Å². The van der Waals surface area contributed by atoms with E-state index in [1.807, 2.05) is 14.0 Å². The van der Waals surface area contributed by atoms with E-state index in [1.165, 1.54) is 19.3 Å². The maximum absolute atomic E-state index is 4.56. The van der Waals surface area contributed by atoms with Crippen molar-refractivity contribution in [2.24, 2.45) is 0 Å². The van der Waals surface area contributed by atoms with Crippen molar-refractivity contribution in [2.75, 3.05) is 24.3 Å². The summed E-state index contributed by atoms with van der Waals surface area (Å²) in [5.74, 6) is 2.84. The minimum Gasteiger partial charge on any atom is -0.373 e. The monoisotopic (exact) mass is 220 g/mol. The number of anilines is 2. The first-order valence-corrected chi connectivity index (χ1v) is 5.89. The highest BCUT2D eigenvalue weighted by Crippen LogP contribution is 2.30. The Kier molecular flexibility index (Phi) is 2.99. The lowest BCUT2D eigenvalue weighted by Gasteiger charge is -2.36. The highest BCUT2D eigenvalue weighted by Gasteiger charge is 2.25. The van der Waals surface area contributed by atoms with Gasteiger partial charge in [-0.15, -0.1) is 0 Å². The molecule has 1 aromatic rings. The second-order valence-electron chi connectivity index (χ2n) is 4.51. The molecule has 1 saturated carbocycles. The van der Waals surface area contributed by atoms with Crippen LogP contribution in [0.15, 0.2) is 0 Å². The number of nitrogens with one attached hydrogen (secondary N) is 1. The van der Waals surface area contributed by atoms with Gasteiger partial charge >= 0.3 is 0 Å². The van der Waals surface area contributed by atoms with Gasteiger partial charge in [0.2, 0.25) is 0 Å². The maximum Gasteiger partial charge on any atom is 0.137 e. The van der Waals surface area contributed by atoms with E-state index in [2.05, 4.69) is 34.2 Å². The summed E-state index contributed by atoms with van der Waals surface area (Å²) in [5.41, 5.74) is 1.14. The molecule has 0 unspecified atom stereocenters. The summed E-state index contributed by atoms with van der Waals surface area (Å²) in [6.45, 7) is 4.02. The minimum atomic E-state index is 0.665. The van der Waals surface area contributed by atoms with Crippen LogP contribution in [0.3, 0.4) is 0 Å². The summed E-state index contributed by atoms with van der Waals surface area (Å²) in [6.07, 6.45) is 3.92. The predicted molar refractivity (Wildman–Crippen MR) is 67.1 cm³/mol. The van der Waals surface area contributed by atoms with Crippen molar-refractivity contribution in [3.05, 3.63) is 11.4 Å². The van der Waals surface area contributed by atoms with Gasteiger partial charge in [0.05, 0.1) is 0 Å². The summed E-state index contributed by atoms with van der Waals surface area (Å²) in [6, 6.07) is 0.665. The normalized spacial score (nSPS) is 15.8. The van der Waals surface area contributed by atoms with Crippen molar-refractivity contribution >= 4 is 11.6 Å². The van der Waals surface area contributed by atoms with Gasteiger partial charge in [0, 0.05) is 25.7 Å². The molecule has 0 saturated heterocycles. The molecule has 0 aliphatic heterocycles. The van der Waals surface area contributed by atoms with Crippen LogP contribution in [0.25, 0.3) is 0 Å². The summed E-state index contributed by atoms with van der Waals surface area (Å²) in [4.78, 5) is 11.2. The van der Waals surface area contributed by atoms with E-state index in [-0.39, 0.29) is 0 Å². The smallest absolute Gasteiger partial charge is 0.137 e. The Morgan fingerprint density at radius 3 is 2.44 bits per heavy atom. The van der Waals surface area contributed by atoms with Crippen LogP contribution in [-0.4, -0.2) is 30.1 Å². The molecule has 16 heavy (non-hydrogen) atoms. The van der Waals surface area contributed by atoms with Crippen molar-refractivity contribution in [3.8, 4) is 0 Å². The van der Waals surface area contributed by atoms with Crippen LogP contribution in [0.5, 0.6) is 0 Å². The van der Waals surface area contributed by atoms with Gasteiger partial charge in [0.1, 0.15) is 17.5 Å². The number of hydrogen-bond acceptors (Lipinski definition) is 4. The third-order valence-corrected chi connectivity index (χ3v) is 3.43. The fraction of sp³-hybridized carbons (Fsp3) is 0.667. The van der Waals surface area contributed by atoms with E-state index in [0.29, 0.717) is 6.04 Å². The summed E-state index contributed by atoms with van der Waals surface area (Å²) in [7, 11) is 4.04. The Bertz CT molecular complexity index is 385. The fourth-order valence-electron chi connectivity index (χ4n) is 2.15. The molecule has 1 N–H and O–H groups in total. The first kappa shape index (κ1) is 11.2. The number of nitrogens with zero attached hydrogens (tertiary/aromatic N) is 3. The van der Waals surface area contributed by atoms with E-state index >= 15 is 0 Å². The average Bonchev–Trinajstić information content (AvgIpc) is 2.18. The maximum atomic E-state index is 4.56. The summed E-state index contributed by atoms with van der Waals surface area (Å²) >= 11 is 0. The van der Waals surface area contributed by atoms with Gasteiger partial charge in [0.15, 0.2) is 0 Å². The van der Waals surface area contributed by atoms with Crippen molar-refractivity contribution in [1.82, 2.24) is 9.97 Å². The molecule has 4 nitrogen and oxygen atoms in total. The molecule has 1 aliphatic carbocycles. The van der Waals surface area contributed by atoms with E-state index in [9.17, 15) is 0 Å². The molecule has 88 valence electrons. The Labute approximate surface area is 97.1 Å². The van der Waals surface area contributed by atoms with Crippen LogP contribution in [0, 0.1) is 13.8 Å². The van der Waals surface area contributed by atoms with Gasteiger partial charge in [-0.3, -0.25) is 0 Å². The standard InChI is InChI=1S/C12H20N4/c1-8-11(13-3)14-9(2)15-12(8)16(4)10-6-5-7-10/h10H,5-7H2,1-4H3,(H,13,14,15). The van der Waals surface area contributed by atoms with Gasteiger partial charge in [-0.05, 0) is 33.1 Å². The van der Waals surface area contributed by atoms with E-state index < -0.39 is 0 Å². The molecule has 1 heterocycles. The molecular formula is C12H20N4. The number of hydrogen-bond donors (Lipinski definition) is 1. The second-order valence-corrected chi connectivity index (χ2v) is 4.51. The van der Waals surface area contributed by atoms with Gasteiger partial charge in [-0.2, -0.15) is 0 Å². The lowest BCUT2D eigenvalue weighted by molar-refractivity contribution is 0.398. The molecule has 1 fully saturated rings. The molecule has 0 amide bonds. The molecule has 0 bridgehead atoms. The van der Waals surface area contributed by atoms with Crippen molar-refractivity contribution < 1.29 is 0 Å². The molecular weight excluding hydrogens is 200 g/mol. The van der Waals surface area contributed by atoms with E-state index in [1.54, 1.807) is 0 Å². The third-order valence-electron chi connectivity index (χ3n) is 3.43. The molecule has 0 radical (unpaired) electrons. The summed E-state index contributed by atoms with van der Waals surface area (Å²) < 4.78 is 0. The topological polar surface area (TPSA) is 41.1 Å². The molecule has 0 atom stereocenters. The molecule has 1 aliphatic rings. The van der Waals surface area contributed by atoms with Crippen molar-refractivity contribution in [3.63, 3.8) is 0 Å². The zero-order valence-electron chi connectivity index (χ0n) is 10.5. The molecule has 4 heteroatoms. The van der Waals surface area contributed by atoms with Crippen LogP contribution < -0.4 is 10.2 Å². The van der Waals surface area contributed by atoms with Gasteiger partial charge in [0.25, 0.3) is 0 Å². The minimum absolute atomic E-state index is 0.665. The highest BCUT2D eigenvalue weighted by molar-refractivity contribution is 5.58. The van der Waals surface area contributed by atoms with Crippen LogP contribution in [0.4, 0.5) is 11.6 Å². The molecule has 1 aromatic heterocycles. The number of aromatic nitrogens is 2. The van der Waals surface area contributed by atoms with Gasteiger partial charge in [-0.1, -0.05) is 0 Å². The largest absolute Gasteiger partial charge is 0.373 e. The predicted octanol–water partition coefficient (Wildman–Crippen LogP) is 2.12. The molecule has 2 rings (SSSR count). The lowest BCUT2D eigenvalue weighted by atomic mass is 9.92. The SMILES string of the molecule is CNc1nc(C)nc(N(C)C2CCC2)c1C. The highest BCUT2D eigenvalue weighted by atomic mass is 15.2. The Balaban J connectivity index is 2.34. The average molecular weight is 220 g/mol. The second kappa shape index (κ2) is 4.28. The molecule has 0 spiro atoms. The van der Waals surface area contributed by atoms with E-state index in [0.717, 1.165) is 23.0 Å². The fourth-order valence-corrected chi connectivity index (χ4v) is 2.15. The number of aryl methyl sites for hydroxylation is 1. The van der Waals surface area contributed by atoms with Crippen LogP contribution >= 0.6 is 0 Å². The first-order valence-electron chi connectivity index (χ1n) is 5.89. The zero-order valence-corrected chi connectivity index (χ0v) is 10.5.